The van der Waals surface area contributed by atoms with Crippen molar-refractivity contribution < 1.29 is 80.2 Å². The van der Waals surface area contributed by atoms with Crippen molar-refractivity contribution in [1.82, 2.24) is 0 Å². The van der Waals surface area contributed by atoms with Crippen LogP contribution in [0.15, 0.2) is 0 Å². The lowest BCUT2D eigenvalue weighted by molar-refractivity contribution is -0.161. The van der Waals surface area contributed by atoms with Crippen molar-refractivity contribution >= 4 is 39.5 Å². The van der Waals surface area contributed by atoms with Gasteiger partial charge >= 0.3 is 39.5 Å². The molecule has 0 saturated heterocycles. The van der Waals surface area contributed by atoms with E-state index in [1.54, 1.807) is 0 Å². The van der Waals surface area contributed by atoms with Crippen molar-refractivity contribution in [2.75, 3.05) is 39.6 Å². The van der Waals surface area contributed by atoms with Crippen molar-refractivity contribution in [1.29, 1.82) is 0 Å². The Morgan fingerprint density at radius 3 is 0.864 bits per heavy atom. The van der Waals surface area contributed by atoms with E-state index in [1.165, 1.54) is 141 Å². The van der Waals surface area contributed by atoms with Gasteiger partial charge in [-0.15, -0.1) is 0 Å². The SMILES string of the molecule is CCCCCCCCCC(=O)OC[C@H](COP(=O)(O)OC[C@H](O)COP(=O)(O)OC[C@@H](COC(=O)CCCCCCCCCCCCC(C)CC)OC(=O)CCCCCCCCCCCCCCC(C)C)OC(=O)CCCCCCCCCCCC(C)C. The van der Waals surface area contributed by atoms with Gasteiger partial charge in [-0.1, -0.05) is 292 Å². The predicted molar refractivity (Wildman–Crippen MR) is 354 cm³/mol. The van der Waals surface area contributed by atoms with Crippen LogP contribution in [0.1, 0.15) is 344 Å². The van der Waals surface area contributed by atoms with Gasteiger partial charge in [0.25, 0.3) is 0 Å². The molecular weight excluding hydrogens is 1160 g/mol. The first kappa shape index (κ1) is 86.1. The molecular formula is C69H134O17P2. The number of carbonyl (C=O) groups is 4. The summed E-state index contributed by atoms with van der Waals surface area (Å²) in [6.07, 6.45) is 43.1. The Hall–Kier alpha value is -1.94. The van der Waals surface area contributed by atoms with Gasteiger partial charge in [0.1, 0.15) is 19.3 Å². The van der Waals surface area contributed by atoms with Gasteiger partial charge in [0, 0.05) is 25.7 Å². The van der Waals surface area contributed by atoms with Crippen molar-refractivity contribution in [2.24, 2.45) is 17.8 Å². The van der Waals surface area contributed by atoms with E-state index in [-0.39, 0.29) is 25.7 Å². The van der Waals surface area contributed by atoms with Crippen molar-refractivity contribution in [2.45, 2.75) is 362 Å². The summed E-state index contributed by atoms with van der Waals surface area (Å²) in [4.78, 5) is 72.4. The number of aliphatic hydroxyl groups is 1. The fraction of sp³-hybridized carbons (Fsp3) is 0.942. The van der Waals surface area contributed by atoms with E-state index in [9.17, 15) is 43.2 Å². The van der Waals surface area contributed by atoms with Crippen LogP contribution in [0.3, 0.4) is 0 Å². The molecule has 0 fully saturated rings. The Balaban J connectivity index is 5.22. The molecule has 19 heteroatoms. The van der Waals surface area contributed by atoms with Crippen molar-refractivity contribution in [3.8, 4) is 0 Å². The molecule has 0 heterocycles. The molecule has 0 bridgehead atoms. The minimum absolute atomic E-state index is 0.105. The van der Waals surface area contributed by atoms with Gasteiger partial charge in [-0.3, -0.25) is 37.3 Å². The molecule has 0 aliphatic heterocycles. The number of rotatable bonds is 67. The second-order valence-electron chi connectivity index (χ2n) is 26.1. The summed E-state index contributed by atoms with van der Waals surface area (Å²) in [6, 6.07) is 0. The van der Waals surface area contributed by atoms with Crippen LogP contribution in [-0.4, -0.2) is 96.7 Å². The maximum absolute atomic E-state index is 13.0. The minimum atomic E-state index is -4.95. The summed E-state index contributed by atoms with van der Waals surface area (Å²) in [5.41, 5.74) is 0. The second kappa shape index (κ2) is 60.0. The Kier molecular flexibility index (Phi) is 58.7. The zero-order chi connectivity index (χ0) is 65.2. The van der Waals surface area contributed by atoms with E-state index in [0.29, 0.717) is 25.7 Å². The number of ether oxygens (including phenoxy) is 4. The first-order chi connectivity index (χ1) is 42.3. The van der Waals surface area contributed by atoms with E-state index in [0.717, 1.165) is 120 Å². The van der Waals surface area contributed by atoms with Crippen LogP contribution < -0.4 is 0 Å². The molecule has 0 aromatic heterocycles. The third kappa shape index (κ3) is 61.6. The summed E-state index contributed by atoms with van der Waals surface area (Å²) in [7, 11) is -9.90. The molecule has 0 spiro atoms. The molecule has 88 heavy (non-hydrogen) atoms. The Bertz CT molecular complexity index is 1730. The largest absolute Gasteiger partial charge is 0.472 e. The smallest absolute Gasteiger partial charge is 0.462 e. The summed E-state index contributed by atoms with van der Waals surface area (Å²) in [6.45, 7) is 11.8. The van der Waals surface area contributed by atoms with Crippen LogP contribution in [0.2, 0.25) is 0 Å². The number of phosphoric acid groups is 2. The van der Waals surface area contributed by atoms with Gasteiger partial charge in [-0.2, -0.15) is 0 Å². The van der Waals surface area contributed by atoms with Crippen LogP contribution in [0, 0.1) is 17.8 Å². The van der Waals surface area contributed by atoms with Crippen LogP contribution in [-0.2, 0) is 65.4 Å². The van der Waals surface area contributed by atoms with Crippen molar-refractivity contribution in [3.63, 3.8) is 0 Å². The third-order valence-electron chi connectivity index (χ3n) is 16.2. The van der Waals surface area contributed by atoms with E-state index in [2.05, 4.69) is 48.5 Å². The Morgan fingerprint density at radius 2 is 0.580 bits per heavy atom. The van der Waals surface area contributed by atoms with E-state index in [4.69, 9.17) is 37.0 Å². The molecule has 3 N–H and O–H groups in total. The number of hydrogen-bond acceptors (Lipinski definition) is 15. The topological polar surface area (TPSA) is 237 Å². The van der Waals surface area contributed by atoms with Crippen LogP contribution >= 0.6 is 15.6 Å². The zero-order valence-electron chi connectivity index (χ0n) is 57.2. The number of esters is 4. The van der Waals surface area contributed by atoms with E-state index < -0.39 is 97.5 Å². The van der Waals surface area contributed by atoms with Gasteiger partial charge < -0.3 is 33.8 Å². The number of hydrogen-bond donors (Lipinski definition) is 3. The van der Waals surface area contributed by atoms with Gasteiger partial charge in [-0.05, 0) is 43.4 Å². The highest BCUT2D eigenvalue weighted by Crippen LogP contribution is 2.45. The zero-order valence-corrected chi connectivity index (χ0v) is 59.0. The minimum Gasteiger partial charge on any atom is -0.462 e. The predicted octanol–water partition coefficient (Wildman–Crippen LogP) is 19.5. The van der Waals surface area contributed by atoms with E-state index >= 15 is 0 Å². The summed E-state index contributed by atoms with van der Waals surface area (Å²) in [5.74, 6) is 0.191. The highest BCUT2D eigenvalue weighted by atomic mass is 31.2. The Labute approximate surface area is 537 Å². The molecule has 0 aromatic carbocycles. The third-order valence-corrected chi connectivity index (χ3v) is 18.1. The first-order valence-corrected chi connectivity index (χ1v) is 38.9. The lowest BCUT2D eigenvalue weighted by Crippen LogP contribution is -2.30. The molecule has 0 aliphatic rings. The average Bonchev–Trinajstić information content (AvgIpc) is 3.44. The maximum Gasteiger partial charge on any atom is 0.472 e. The van der Waals surface area contributed by atoms with Crippen LogP contribution in [0.5, 0.6) is 0 Å². The molecule has 0 radical (unpaired) electrons. The highest BCUT2D eigenvalue weighted by molar-refractivity contribution is 7.47. The molecule has 3 unspecified atom stereocenters. The highest BCUT2D eigenvalue weighted by Gasteiger charge is 2.30. The van der Waals surface area contributed by atoms with Crippen LogP contribution in [0.25, 0.3) is 0 Å². The van der Waals surface area contributed by atoms with Gasteiger partial charge in [0.2, 0.25) is 0 Å². The first-order valence-electron chi connectivity index (χ1n) is 35.9. The number of carbonyl (C=O) groups excluding carboxylic acids is 4. The number of aliphatic hydroxyl groups excluding tert-OH is 1. The van der Waals surface area contributed by atoms with Gasteiger partial charge in [-0.25, -0.2) is 9.13 Å². The molecule has 0 saturated carbocycles. The molecule has 17 nitrogen and oxygen atoms in total. The average molecular weight is 1300 g/mol. The molecule has 0 aromatic rings. The fourth-order valence-electron chi connectivity index (χ4n) is 10.3. The van der Waals surface area contributed by atoms with Crippen LogP contribution in [0.4, 0.5) is 0 Å². The summed E-state index contributed by atoms with van der Waals surface area (Å²) >= 11 is 0. The van der Waals surface area contributed by atoms with E-state index in [1.807, 2.05) is 0 Å². The van der Waals surface area contributed by atoms with Crippen molar-refractivity contribution in [3.05, 3.63) is 0 Å². The Morgan fingerprint density at radius 1 is 0.330 bits per heavy atom. The molecule has 6 atom stereocenters. The normalized spacial score (nSPS) is 14.5. The number of unbranched alkanes of at least 4 members (excludes halogenated alkanes) is 34. The number of phosphoric ester groups is 2. The molecule has 522 valence electrons. The summed E-state index contributed by atoms with van der Waals surface area (Å²) in [5, 5.41) is 10.6. The lowest BCUT2D eigenvalue weighted by Gasteiger charge is -2.21. The quantitative estimate of drug-likeness (QED) is 0.0222. The maximum atomic E-state index is 13.0. The monoisotopic (exact) mass is 1300 g/mol. The lowest BCUT2D eigenvalue weighted by atomic mass is 9.99. The fourth-order valence-corrected chi connectivity index (χ4v) is 11.9. The molecule has 0 aliphatic carbocycles. The summed E-state index contributed by atoms with van der Waals surface area (Å²) < 4.78 is 68.2. The van der Waals surface area contributed by atoms with Gasteiger partial charge in [0.05, 0.1) is 26.4 Å². The molecule has 0 rings (SSSR count). The second-order valence-corrected chi connectivity index (χ2v) is 29.0. The standard InChI is InChI=1S/C69H134O17P2/c1-8-10-11-12-26-36-43-50-66(71)79-56-64(85-69(74)53-46-39-32-25-19-21-28-34-41-48-61(5)6)58-83-87(75,76)81-54-63(70)55-82-88(77,78)84-59-65(57-80-67(72)51-44-37-30-23-18-17-22-29-35-42-49-62(7)9-2)86-68(73)52-45-38-31-24-16-14-13-15-20-27-33-40-47-60(3)4/h60-65,70H,8-59H2,1-7H3,(H,75,76)(H,77,78)/t62?,63-,64+,65+/m0/s1. The molecule has 0 amide bonds. The van der Waals surface area contributed by atoms with Gasteiger partial charge in [0.15, 0.2) is 12.2 Å².